The molecule has 1 N–H and O–H groups in total. The van der Waals surface area contributed by atoms with Crippen LogP contribution in [0.2, 0.25) is 0 Å². The molecule has 8 heteroatoms. The molecule has 0 aromatic rings. The fourth-order valence-corrected chi connectivity index (χ4v) is 3.47. The summed E-state index contributed by atoms with van der Waals surface area (Å²) >= 11 is 4.26. The lowest BCUT2D eigenvalue weighted by molar-refractivity contribution is -0.151. The second-order valence-electron chi connectivity index (χ2n) is 8.04. The van der Waals surface area contributed by atoms with E-state index in [9.17, 15) is 19.2 Å². The van der Waals surface area contributed by atoms with Crippen molar-refractivity contribution in [1.82, 2.24) is 15.1 Å². The first kappa shape index (κ1) is 26.6. The van der Waals surface area contributed by atoms with Crippen LogP contribution in [-0.4, -0.2) is 71.8 Å². The molecule has 28 heavy (non-hydrogen) atoms. The average Bonchev–Trinajstić information content (AvgIpc) is 2.64. The van der Waals surface area contributed by atoms with Crippen LogP contribution >= 0.6 is 12.6 Å². The first-order valence-electron chi connectivity index (χ1n) is 9.84. The molecular weight excluding hydrogens is 378 g/mol. The molecule has 0 saturated heterocycles. The summed E-state index contributed by atoms with van der Waals surface area (Å²) in [5.41, 5.74) is -1.35. The highest BCUT2D eigenvalue weighted by atomic mass is 32.1. The number of likely N-dealkylation sites (N-methyl/N-ethyl adjacent to an activating group) is 2. The Morgan fingerprint density at radius 1 is 1.14 bits per heavy atom. The normalized spacial score (nSPS) is 15.6. The third-order valence-corrected chi connectivity index (χ3v) is 5.25. The lowest BCUT2D eigenvalue weighted by Gasteiger charge is -2.43. The van der Waals surface area contributed by atoms with Gasteiger partial charge in [-0.3, -0.25) is 19.7 Å². The molecule has 3 atom stereocenters. The monoisotopic (exact) mass is 415 g/mol. The van der Waals surface area contributed by atoms with E-state index in [4.69, 9.17) is 0 Å². The highest BCUT2D eigenvalue weighted by Crippen LogP contribution is 2.23. The molecule has 7 nitrogen and oxygen atoms in total. The Morgan fingerprint density at radius 3 is 2.07 bits per heavy atom. The van der Waals surface area contributed by atoms with Crippen LogP contribution in [0.1, 0.15) is 53.9 Å². The fourth-order valence-electron chi connectivity index (χ4n) is 3.07. The van der Waals surface area contributed by atoms with Crippen LogP contribution in [-0.2, 0) is 19.2 Å². The van der Waals surface area contributed by atoms with Gasteiger partial charge in [0.15, 0.2) is 11.9 Å². The van der Waals surface area contributed by atoms with Crippen molar-refractivity contribution in [3.05, 3.63) is 0 Å². The zero-order chi connectivity index (χ0) is 22.1. The van der Waals surface area contributed by atoms with Crippen LogP contribution in [0.5, 0.6) is 0 Å². The second kappa shape index (κ2) is 12.2. The summed E-state index contributed by atoms with van der Waals surface area (Å²) < 4.78 is 0. The van der Waals surface area contributed by atoms with E-state index in [0.717, 1.165) is 6.29 Å². The van der Waals surface area contributed by atoms with E-state index in [1.165, 1.54) is 16.8 Å². The van der Waals surface area contributed by atoms with Crippen LogP contribution in [0.15, 0.2) is 0 Å². The van der Waals surface area contributed by atoms with Gasteiger partial charge in [0.05, 0.1) is 6.04 Å². The van der Waals surface area contributed by atoms with Gasteiger partial charge >= 0.3 is 0 Å². The minimum absolute atomic E-state index is 0.0537. The van der Waals surface area contributed by atoms with Crippen LogP contribution in [0.25, 0.3) is 0 Å². The van der Waals surface area contributed by atoms with Crippen molar-refractivity contribution in [3.8, 4) is 0 Å². The van der Waals surface area contributed by atoms with Crippen LogP contribution in [0.4, 0.5) is 0 Å². The molecule has 0 rings (SSSR count). The van der Waals surface area contributed by atoms with Crippen molar-refractivity contribution in [3.63, 3.8) is 0 Å². The standard InChI is InChI=1S/C20H37N3O4S/c1-8-9-18(26)22(6)17(12-28)19(27)23(7)20(13-25,10-14(2)3)21-16(11-24)15(4)5/h11,13-17,21,28H,8-10,12H2,1-7H3. The Bertz CT molecular complexity index is 542. The number of aldehydes is 2. The quantitative estimate of drug-likeness (QED) is 0.272. The smallest absolute Gasteiger partial charge is 0.247 e. The summed E-state index contributed by atoms with van der Waals surface area (Å²) in [5, 5.41) is 3.09. The number of amides is 2. The zero-order valence-electron chi connectivity index (χ0n) is 18.3. The van der Waals surface area contributed by atoms with Crippen molar-refractivity contribution in [2.24, 2.45) is 11.8 Å². The molecular formula is C20H37N3O4S. The Balaban J connectivity index is 5.91. The molecule has 0 saturated carbocycles. The lowest BCUT2D eigenvalue weighted by Crippen LogP contribution is -2.67. The van der Waals surface area contributed by atoms with E-state index in [1.807, 2.05) is 34.6 Å². The van der Waals surface area contributed by atoms with Crippen LogP contribution in [0.3, 0.4) is 0 Å². The summed E-state index contributed by atoms with van der Waals surface area (Å²) in [5.74, 6) is -0.379. The van der Waals surface area contributed by atoms with Gasteiger partial charge in [0.25, 0.3) is 0 Å². The van der Waals surface area contributed by atoms with Crippen molar-refractivity contribution in [2.45, 2.75) is 71.6 Å². The predicted molar refractivity (Wildman–Crippen MR) is 114 cm³/mol. The SMILES string of the molecule is CCCC(=O)N(C)C(CS)C(=O)N(C)C(C=O)(CC(C)C)NC(C=O)C(C)C. The van der Waals surface area contributed by atoms with Gasteiger partial charge in [-0.25, -0.2) is 0 Å². The van der Waals surface area contributed by atoms with Crippen LogP contribution < -0.4 is 5.32 Å². The Labute approximate surface area is 175 Å². The van der Waals surface area contributed by atoms with E-state index in [1.54, 1.807) is 7.05 Å². The topological polar surface area (TPSA) is 86.8 Å². The maximum Gasteiger partial charge on any atom is 0.247 e. The van der Waals surface area contributed by atoms with Gasteiger partial charge < -0.3 is 14.6 Å². The number of nitrogens with zero attached hydrogens (tertiary/aromatic N) is 2. The molecule has 0 aromatic heterocycles. The summed E-state index contributed by atoms with van der Waals surface area (Å²) in [7, 11) is 3.11. The van der Waals surface area contributed by atoms with Crippen molar-refractivity contribution in [1.29, 1.82) is 0 Å². The largest absolute Gasteiger partial charge is 0.333 e. The van der Waals surface area contributed by atoms with Gasteiger partial charge in [-0.2, -0.15) is 12.6 Å². The molecule has 0 aromatic carbocycles. The zero-order valence-corrected chi connectivity index (χ0v) is 19.2. The minimum atomic E-state index is -1.35. The third-order valence-electron chi connectivity index (χ3n) is 4.91. The molecule has 0 fully saturated rings. The number of carbonyl (C=O) groups is 4. The summed E-state index contributed by atoms with van der Waals surface area (Å²) in [6, 6.07) is -1.39. The third kappa shape index (κ3) is 6.88. The first-order valence-corrected chi connectivity index (χ1v) is 10.5. The minimum Gasteiger partial charge on any atom is -0.333 e. The summed E-state index contributed by atoms with van der Waals surface area (Å²) in [6.07, 6.45) is 2.79. The Hall–Kier alpha value is -1.41. The molecule has 2 amide bonds. The molecule has 0 aliphatic rings. The van der Waals surface area contributed by atoms with Crippen LogP contribution in [0, 0.1) is 11.8 Å². The molecule has 0 heterocycles. The average molecular weight is 416 g/mol. The van der Waals surface area contributed by atoms with E-state index in [0.29, 0.717) is 25.5 Å². The second-order valence-corrected chi connectivity index (χ2v) is 8.41. The molecule has 3 unspecified atom stereocenters. The van der Waals surface area contributed by atoms with E-state index in [-0.39, 0.29) is 23.5 Å². The van der Waals surface area contributed by atoms with Crippen molar-refractivity contribution < 1.29 is 19.2 Å². The summed E-state index contributed by atoms with van der Waals surface area (Å²) in [4.78, 5) is 52.0. The molecule has 0 aliphatic carbocycles. The van der Waals surface area contributed by atoms with Gasteiger partial charge in [-0.1, -0.05) is 34.6 Å². The van der Waals surface area contributed by atoms with Gasteiger partial charge in [0.1, 0.15) is 12.3 Å². The van der Waals surface area contributed by atoms with Gasteiger partial charge in [-0.05, 0) is 24.7 Å². The molecule has 0 spiro atoms. The van der Waals surface area contributed by atoms with Gasteiger partial charge in [0.2, 0.25) is 11.8 Å². The first-order chi connectivity index (χ1) is 13.0. The van der Waals surface area contributed by atoms with Crippen molar-refractivity contribution >= 4 is 37.0 Å². The van der Waals surface area contributed by atoms with Gasteiger partial charge in [0, 0.05) is 26.3 Å². The maximum atomic E-state index is 13.2. The van der Waals surface area contributed by atoms with E-state index in [2.05, 4.69) is 17.9 Å². The predicted octanol–water partition coefficient (Wildman–Crippen LogP) is 1.76. The fraction of sp³-hybridized carbons (Fsp3) is 0.800. The highest BCUT2D eigenvalue weighted by Gasteiger charge is 2.43. The van der Waals surface area contributed by atoms with Crippen molar-refractivity contribution in [2.75, 3.05) is 19.8 Å². The number of hydrogen-bond donors (Lipinski definition) is 2. The lowest BCUT2D eigenvalue weighted by atomic mass is 9.93. The summed E-state index contributed by atoms with van der Waals surface area (Å²) in [6.45, 7) is 9.51. The Kier molecular flexibility index (Phi) is 11.6. The number of thiol groups is 1. The number of hydrogen-bond acceptors (Lipinski definition) is 6. The van der Waals surface area contributed by atoms with E-state index >= 15 is 0 Å². The van der Waals surface area contributed by atoms with Gasteiger partial charge in [-0.15, -0.1) is 0 Å². The molecule has 0 bridgehead atoms. The number of carbonyl (C=O) groups excluding carboxylic acids is 4. The number of nitrogens with one attached hydrogen (secondary N) is 1. The highest BCUT2D eigenvalue weighted by molar-refractivity contribution is 7.80. The molecule has 162 valence electrons. The molecule has 0 aliphatic heterocycles. The number of rotatable bonds is 13. The Morgan fingerprint density at radius 2 is 1.71 bits per heavy atom. The maximum absolute atomic E-state index is 13.2. The van der Waals surface area contributed by atoms with E-state index < -0.39 is 23.7 Å². The molecule has 0 radical (unpaired) electrons.